The average molecular weight is 225 g/mol. The molecule has 0 fully saturated rings. The van der Waals surface area contributed by atoms with E-state index in [0.29, 0.717) is 29.3 Å². The summed E-state index contributed by atoms with van der Waals surface area (Å²) in [5.41, 5.74) is 2.00. The van der Waals surface area contributed by atoms with Gasteiger partial charge in [0.2, 0.25) is 6.41 Å². The molecule has 0 saturated heterocycles. The zero-order valence-electron chi connectivity index (χ0n) is 7.85. The maximum absolute atomic E-state index is 10.8. The van der Waals surface area contributed by atoms with Crippen molar-refractivity contribution >= 4 is 29.4 Å². The molecule has 1 amide bonds. The minimum atomic E-state index is 0.525. The van der Waals surface area contributed by atoms with Crippen molar-refractivity contribution in [2.75, 3.05) is 11.4 Å². The fraction of sp³-hybridized carbons (Fsp3) is 0.200. The number of nitrogens with zero attached hydrogens (tertiary/aromatic N) is 2. The number of benzene rings is 1. The Morgan fingerprint density at radius 3 is 3.00 bits per heavy atom. The lowest BCUT2D eigenvalue weighted by atomic mass is 10.0. The summed E-state index contributed by atoms with van der Waals surface area (Å²) in [4.78, 5) is 12.4. The third-order valence-electron chi connectivity index (χ3n) is 2.42. The molecule has 0 aromatic heterocycles. The van der Waals surface area contributed by atoms with Crippen LogP contribution in [0.5, 0.6) is 0 Å². The van der Waals surface area contributed by atoms with Crippen LogP contribution in [-0.2, 0) is 4.79 Å². The summed E-state index contributed by atoms with van der Waals surface area (Å²) in [6.07, 6.45) is 1.30. The Balaban J connectivity index is 2.58. The molecule has 0 unspecified atom stereocenters. The molecule has 4 nitrogen and oxygen atoms in total. The summed E-state index contributed by atoms with van der Waals surface area (Å²) < 4.78 is 0. The van der Waals surface area contributed by atoms with Gasteiger partial charge in [0.05, 0.1) is 11.4 Å². The van der Waals surface area contributed by atoms with Gasteiger partial charge in [-0.1, -0.05) is 16.8 Å². The number of carbonyl (C=O) groups excluding carboxylic acids is 1. The Morgan fingerprint density at radius 1 is 1.53 bits per heavy atom. The zero-order chi connectivity index (χ0) is 10.8. The lowest BCUT2D eigenvalue weighted by molar-refractivity contribution is -0.107. The van der Waals surface area contributed by atoms with Crippen LogP contribution in [0.3, 0.4) is 0 Å². The van der Waals surface area contributed by atoms with E-state index >= 15 is 0 Å². The largest absolute Gasteiger partial charge is 0.411 e. The van der Waals surface area contributed by atoms with Gasteiger partial charge in [0.25, 0.3) is 0 Å². The molecule has 1 heterocycles. The predicted octanol–water partition coefficient (Wildman–Crippen LogP) is 1.88. The first-order valence-electron chi connectivity index (χ1n) is 4.49. The van der Waals surface area contributed by atoms with Gasteiger partial charge in [-0.3, -0.25) is 4.79 Å². The Hall–Kier alpha value is -1.55. The van der Waals surface area contributed by atoms with Crippen LogP contribution in [0.2, 0.25) is 5.02 Å². The van der Waals surface area contributed by atoms with Gasteiger partial charge in [-0.05, 0) is 18.2 Å². The average Bonchev–Trinajstić information content (AvgIpc) is 2.27. The van der Waals surface area contributed by atoms with Crippen LogP contribution in [0.1, 0.15) is 12.0 Å². The van der Waals surface area contributed by atoms with E-state index in [1.54, 1.807) is 23.1 Å². The third-order valence-corrected chi connectivity index (χ3v) is 2.65. The monoisotopic (exact) mass is 224 g/mol. The van der Waals surface area contributed by atoms with Gasteiger partial charge in [-0.2, -0.15) is 0 Å². The highest BCUT2D eigenvalue weighted by molar-refractivity contribution is 6.31. The summed E-state index contributed by atoms with van der Waals surface area (Å²) in [6, 6.07) is 5.15. The number of amides is 1. The highest BCUT2D eigenvalue weighted by atomic mass is 35.5. The van der Waals surface area contributed by atoms with Gasteiger partial charge in [-0.25, -0.2) is 0 Å². The van der Waals surface area contributed by atoms with Crippen molar-refractivity contribution in [1.82, 2.24) is 0 Å². The highest BCUT2D eigenvalue weighted by Crippen LogP contribution is 2.28. The Morgan fingerprint density at radius 2 is 2.33 bits per heavy atom. The van der Waals surface area contributed by atoms with Crippen molar-refractivity contribution in [3.63, 3.8) is 0 Å². The molecule has 78 valence electrons. The van der Waals surface area contributed by atoms with E-state index in [2.05, 4.69) is 5.16 Å². The highest BCUT2D eigenvalue weighted by Gasteiger charge is 2.21. The lowest BCUT2D eigenvalue weighted by Crippen LogP contribution is -2.31. The number of anilines is 1. The normalized spacial score (nSPS) is 17.7. The fourth-order valence-electron chi connectivity index (χ4n) is 1.68. The van der Waals surface area contributed by atoms with Gasteiger partial charge in [0, 0.05) is 23.6 Å². The summed E-state index contributed by atoms with van der Waals surface area (Å²) in [7, 11) is 0. The first kappa shape index (κ1) is 9.98. The molecular formula is C10H9ClN2O2. The molecule has 1 aliphatic heterocycles. The number of hydrogen-bond acceptors (Lipinski definition) is 3. The molecule has 1 aliphatic rings. The number of rotatable bonds is 1. The smallest absolute Gasteiger partial charge is 0.214 e. The molecular weight excluding hydrogens is 216 g/mol. The Bertz CT molecular complexity index is 431. The summed E-state index contributed by atoms with van der Waals surface area (Å²) in [6.45, 7) is 0.525. The predicted molar refractivity (Wildman–Crippen MR) is 57.8 cm³/mol. The van der Waals surface area contributed by atoms with E-state index in [4.69, 9.17) is 16.8 Å². The summed E-state index contributed by atoms with van der Waals surface area (Å²) >= 11 is 5.85. The number of hydrogen-bond donors (Lipinski definition) is 1. The Kier molecular flexibility index (Phi) is 2.60. The van der Waals surface area contributed by atoms with Gasteiger partial charge in [0.15, 0.2) is 0 Å². The number of oxime groups is 1. The quantitative estimate of drug-likeness (QED) is 0.450. The minimum absolute atomic E-state index is 0.525. The topological polar surface area (TPSA) is 52.9 Å². The van der Waals surface area contributed by atoms with E-state index < -0.39 is 0 Å². The maximum atomic E-state index is 10.8. The van der Waals surface area contributed by atoms with Crippen molar-refractivity contribution in [2.24, 2.45) is 5.16 Å². The first-order valence-corrected chi connectivity index (χ1v) is 4.87. The van der Waals surface area contributed by atoms with Crippen LogP contribution >= 0.6 is 11.6 Å². The second kappa shape index (κ2) is 3.90. The van der Waals surface area contributed by atoms with Crippen LogP contribution in [0, 0.1) is 0 Å². The molecule has 0 bridgehead atoms. The van der Waals surface area contributed by atoms with E-state index in [1.165, 1.54) is 0 Å². The second-order valence-corrected chi connectivity index (χ2v) is 3.69. The van der Waals surface area contributed by atoms with Crippen LogP contribution in [0.4, 0.5) is 5.69 Å². The third kappa shape index (κ3) is 1.68. The van der Waals surface area contributed by atoms with Gasteiger partial charge >= 0.3 is 0 Å². The maximum Gasteiger partial charge on any atom is 0.214 e. The van der Waals surface area contributed by atoms with Crippen molar-refractivity contribution in [3.05, 3.63) is 28.8 Å². The van der Waals surface area contributed by atoms with Crippen LogP contribution in [-0.4, -0.2) is 23.9 Å². The molecule has 0 saturated carbocycles. The van der Waals surface area contributed by atoms with Gasteiger partial charge < -0.3 is 10.1 Å². The van der Waals surface area contributed by atoms with E-state index in [0.717, 1.165) is 12.1 Å². The molecule has 1 aromatic carbocycles. The van der Waals surface area contributed by atoms with Crippen molar-refractivity contribution in [2.45, 2.75) is 6.42 Å². The molecule has 5 heteroatoms. The van der Waals surface area contributed by atoms with E-state index in [1.807, 2.05) is 0 Å². The SMILES string of the molecule is O=CN1CCC(=NO)c2cc(Cl)ccc21. The molecule has 2 rings (SSSR count). The second-order valence-electron chi connectivity index (χ2n) is 3.26. The molecule has 0 aliphatic carbocycles. The van der Waals surface area contributed by atoms with Gasteiger partial charge in [0.1, 0.15) is 0 Å². The van der Waals surface area contributed by atoms with E-state index in [-0.39, 0.29) is 0 Å². The minimum Gasteiger partial charge on any atom is -0.411 e. The Labute approximate surface area is 91.8 Å². The molecule has 1 N–H and O–H groups in total. The van der Waals surface area contributed by atoms with Crippen LogP contribution in [0.25, 0.3) is 0 Å². The molecule has 15 heavy (non-hydrogen) atoms. The first-order chi connectivity index (χ1) is 7.26. The van der Waals surface area contributed by atoms with Gasteiger partial charge in [-0.15, -0.1) is 0 Å². The zero-order valence-corrected chi connectivity index (χ0v) is 8.61. The fourth-order valence-corrected chi connectivity index (χ4v) is 1.86. The summed E-state index contributed by atoms with van der Waals surface area (Å²) in [5, 5.41) is 12.6. The van der Waals surface area contributed by atoms with Crippen molar-refractivity contribution in [3.8, 4) is 0 Å². The molecule has 0 radical (unpaired) electrons. The lowest BCUT2D eigenvalue weighted by Gasteiger charge is -2.26. The number of carbonyl (C=O) groups is 1. The van der Waals surface area contributed by atoms with Crippen molar-refractivity contribution < 1.29 is 10.0 Å². The summed E-state index contributed by atoms with van der Waals surface area (Å²) in [5.74, 6) is 0. The van der Waals surface area contributed by atoms with Crippen molar-refractivity contribution in [1.29, 1.82) is 0 Å². The molecule has 1 aromatic rings. The van der Waals surface area contributed by atoms with Crippen LogP contribution in [0.15, 0.2) is 23.4 Å². The molecule has 0 spiro atoms. The number of fused-ring (bicyclic) bond motifs is 1. The number of halogens is 1. The molecule has 0 atom stereocenters. The standard InChI is InChI=1S/C10H9ClN2O2/c11-7-1-2-10-8(5-7)9(12-15)3-4-13(10)6-14/h1-2,5-6,15H,3-4H2. The van der Waals surface area contributed by atoms with E-state index in [9.17, 15) is 4.79 Å². The van der Waals surface area contributed by atoms with Crippen LogP contribution < -0.4 is 4.90 Å².